The van der Waals surface area contributed by atoms with Crippen LogP contribution in [0, 0.1) is 0 Å². The van der Waals surface area contributed by atoms with Gasteiger partial charge < -0.3 is 0 Å². The summed E-state index contributed by atoms with van der Waals surface area (Å²) in [4.78, 5) is 26.3. The van der Waals surface area contributed by atoms with Gasteiger partial charge in [0.25, 0.3) is 0 Å². The van der Waals surface area contributed by atoms with Gasteiger partial charge >= 0.3 is 0 Å². The zero-order chi connectivity index (χ0) is 8.55. The summed E-state index contributed by atoms with van der Waals surface area (Å²) in [5, 5.41) is 0. The van der Waals surface area contributed by atoms with Crippen molar-refractivity contribution >= 4 is 11.6 Å². The number of pyridine rings is 1. The monoisotopic (exact) mass is 161 g/mol. The number of carbonyl (C=O) groups excluding carboxylic acids is 2. The lowest BCUT2D eigenvalue weighted by Gasteiger charge is -2.10. The van der Waals surface area contributed by atoms with Crippen LogP contribution in [0.25, 0.3) is 0 Å². The van der Waals surface area contributed by atoms with Crippen molar-refractivity contribution in [2.75, 3.05) is 0 Å². The van der Waals surface area contributed by atoms with E-state index in [-0.39, 0.29) is 11.6 Å². The summed E-state index contributed by atoms with van der Waals surface area (Å²) in [6, 6.07) is 3.33. The second-order valence-corrected chi connectivity index (χ2v) is 2.75. The van der Waals surface area contributed by atoms with Crippen LogP contribution in [0.1, 0.15) is 33.7 Å². The summed E-state index contributed by atoms with van der Waals surface area (Å²) in [5.41, 5.74) is 0.822. The van der Waals surface area contributed by atoms with Crippen molar-refractivity contribution in [3.05, 3.63) is 29.6 Å². The molecule has 1 heterocycles. The summed E-state index contributed by atoms with van der Waals surface area (Å²) in [6.45, 7) is 0. The van der Waals surface area contributed by atoms with E-state index < -0.39 is 0 Å². The highest BCUT2D eigenvalue weighted by molar-refractivity contribution is 6.12. The lowest BCUT2D eigenvalue weighted by molar-refractivity contribution is 0.0886. The van der Waals surface area contributed by atoms with Crippen LogP contribution in [0.4, 0.5) is 0 Å². The molecule has 1 aromatic rings. The molecular weight excluding hydrogens is 154 g/mol. The molecule has 0 bridgehead atoms. The van der Waals surface area contributed by atoms with Crippen molar-refractivity contribution in [3.63, 3.8) is 0 Å². The maximum absolute atomic E-state index is 11.2. The SMILES string of the molecule is O=C1CCC(=O)c2ncccc21. The topological polar surface area (TPSA) is 47.0 Å². The van der Waals surface area contributed by atoms with Crippen LogP contribution in [0.5, 0.6) is 0 Å². The molecule has 0 atom stereocenters. The molecule has 0 amide bonds. The number of hydrogen-bond donors (Lipinski definition) is 0. The molecule has 2 rings (SSSR count). The molecule has 0 fully saturated rings. The first-order valence-electron chi connectivity index (χ1n) is 3.80. The standard InChI is InChI=1S/C9H7NO2/c11-7-3-4-8(12)9-6(7)2-1-5-10-9/h1-2,5H,3-4H2. The summed E-state index contributed by atoms with van der Waals surface area (Å²) >= 11 is 0. The maximum Gasteiger partial charge on any atom is 0.182 e. The fourth-order valence-electron chi connectivity index (χ4n) is 1.33. The molecule has 0 radical (unpaired) electrons. The van der Waals surface area contributed by atoms with Crippen LogP contribution in [0.15, 0.2) is 18.3 Å². The largest absolute Gasteiger partial charge is 0.294 e. The average Bonchev–Trinajstić information content (AvgIpc) is 2.12. The van der Waals surface area contributed by atoms with Crippen LogP contribution >= 0.6 is 0 Å². The third kappa shape index (κ3) is 0.942. The molecule has 0 saturated heterocycles. The second-order valence-electron chi connectivity index (χ2n) is 2.75. The molecule has 0 spiro atoms. The zero-order valence-electron chi connectivity index (χ0n) is 6.41. The third-order valence-electron chi connectivity index (χ3n) is 1.95. The molecule has 0 aromatic carbocycles. The molecule has 1 aliphatic rings. The molecule has 3 nitrogen and oxygen atoms in total. The minimum absolute atomic E-state index is 0.0230. The second kappa shape index (κ2) is 2.52. The van der Waals surface area contributed by atoms with Crippen molar-refractivity contribution < 1.29 is 9.59 Å². The van der Waals surface area contributed by atoms with Gasteiger partial charge in [0.2, 0.25) is 0 Å². The number of rotatable bonds is 0. The number of nitrogens with zero attached hydrogens (tertiary/aromatic N) is 1. The molecular formula is C9H7NO2. The van der Waals surface area contributed by atoms with E-state index >= 15 is 0 Å². The van der Waals surface area contributed by atoms with E-state index in [1.165, 1.54) is 6.20 Å². The fraction of sp³-hybridized carbons (Fsp3) is 0.222. The number of hydrogen-bond acceptors (Lipinski definition) is 3. The first-order chi connectivity index (χ1) is 5.79. The minimum Gasteiger partial charge on any atom is -0.294 e. The molecule has 0 saturated carbocycles. The summed E-state index contributed by atoms with van der Waals surface area (Å²) < 4.78 is 0. The molecule has 0 N–H and O–H groups in total. The normalized spacial score (nSPS) is 16.0. The van der Waals surface area contributed by atoms with Gasteiger partial charge in [0.05, 0.1) is 0 Å². The van der Waals surface area contributed by atoms with Crippen molar-refractivity contribution in [1.82, 2.24) is 4.98 Å². The molecule has 1 aromatic heterocycles. The van der Waals surface area contributed by atoms with Crippen LogP contribution < -0.4 is 0 Å². The molecule has 0 aliphatic heterocycles. The van der Waals surface area contributed by atoms with Gasteiger partial charge in [-0.25, -0.2) is 0 Å². The highest BCUT2D eigenvalue weighted by Crippen LogP contribution is 2.18. The van der Waals surface area contributed by atoms with Crippen molar-refractivity contribution in [2.24, 2.45) is 0 Å². The van der Waals surface area contributed by atoms with Gasteiger partial charge in [0.15, 0.2) is 11.6 Å². The number of Topliss-reactive ketones (excluding diaryl/α,β-unsaturated/α-hetero) is 2. The Morgan fingerprint density at radius 2 is 1.92 bits per heavy atom. The smallest absolute Gasteiger partial charge is 0.182 e. The van der Waals surface area contributed by atoms with Crippen molar-refractivity contribution in [1.29, 1.82) is 0 Å². The van der Waals surface area contributed by atoms with Gasteiger partial charge in [-0.05, 0) is 12.1 Å². The average molecular weight is 161 g/mol. The predicted octanol–water partition coefficient (Wildman–Crippen LogP) is 1.24. The number of ketones is 2. The molecule has 60 valence electrons. The van der Waals surface area contributed by atoms with Gasteiger partial charge in [-0.3, -0.25) is 14.6 Å². The Hall–Kier alpha value is -1.51. The number of carbonyl (C=O) groups is 2. The minimum atomic E-state index is -0.0230. The Morgan fingerprint density at radius 3 is 2.67 bits per heavy atom. The molecule has 3 heteroatoms. The van der Waals surface area contributed by atoms with Gasteiger partial charge in [0, 0.05) is 24.6 Å². The Kier molecular flexibility index (Phi) is 1.50. The number of fused-ring (bicyclic) bond motifs is 1. The van der Waals surface area contributed by atoms with E-state index in [0.717, 1.165) is 0 Å². The summed E-state index contributed by atoms with van der Waals surface area (Å²) in [6.07, 6.45) is 2.18. The summed E-state index contributed by atoms with van der Waals surface area (Å²) in [5.74, 6) is 0.00269. The van der Waals surface area contributed by atoms with Crippen LogP contribution in [0.3, 0.4) is 0 Å². The van der Waals surface area contributed by atoms with Crippen LogP contribution in [-0.2, 0) is 0 Å². The Balaban J connectivity index is 2.62. The Labute approximate surface area is 69.4 Å². The zero-order valence-corrected chi connectivity index (χ0v) is 6.41. The van der Waals surface area contributed by atoms with E-state index in [1.54, 1.807) is 12.1 Å². The van der Waals surface area contributed by atoms with Gasteiger partial charge in [-0.15, -0.1) is 0 Å². The fourth-order valence-corrected chi connectivity index (χ4v) is 1.33. The maximum atomic E-state index is 11.2. The number of aromatic nitrogens is 1. The first-order valence-corrected chi connectivity index (χ1v) is 3.80. The van der Waals surface area contributed by atoms with E-state index in [1.807, 2.05) is 0 Å². The Morgan fingerprint density at radius 1 is 1.17 bits per heavy atom. The lowest BCUT2D eigenvalue weighted by atomic mass is 9.94. The van der Waals surface area contributed by atoms with Crippen LogP contribution in [0.2, 0.25) is 0 Å². The van der Waals surface area contributed by atoms with Gasteiger partial charge in [-0.1, -0.05) is 0 Å². The van der Waals surface area contributed by atoms with E-state index in [4.69, 9.17) is 0 Å². The van der Waals surface area contributed by atoms with Crippen molar-refractivity contribution in [2.45, 2.75) is 12.8 Å². The van der Waals surface area contributed by atoms with E-state index in [0.29, 0.717) is 24.1 Å². The van der Waals surface area contributed by atoms with Gasteiger partial charge in [-0.2, -0.15) is 0 Å². The van der Waals surface area contributed by atoms with Gasteiger partial charge in [0.1, 0.15) is 5.69 Å². The lowest BCUT2D eigenvalue weighted by Crippen LogP contribution is -2.18. The van der Waals surface area contributed by atoms with E-state index in [9.17, 15) is 9.59 Å². The van der Waals surface area contributed by atoms with E-state index in [2.05, 4.69) is 4.98 Å². The Bertz CT molecular complexity index is 322. The van der Waals surface area contributed by atoms with Crippen LogP contribution in [-0.4, -0.2) is 16.6 Å². The highest BCUT2D eigenvalue weighted by Gasteiger charge is 2.23. The third-order valence-corrected chi connectivity index (χ3v) is 1.95. The first kappa shape index (κ1) is 7.16. The van der Waals surface area contributed by atoms with Crippen molar-refractivity contribution in [3.8, 4) is 0 Å². The summed E-state index contributed by atoms with van der Waals surface area (Å²) in [7, 11) is 0. The predicted molar refractivity (Wildman–Crippen MR) is 42.1 cm³/mol. The molecule has 12 heavy (non-hydrogen) atoms. The molecule has 1 aliphatic carbocycles. The molecule has 0 unspecified atom stereocenters. The quantitative estimate of drug-likeness (QED) is 0.575. The highest BCUT2D eigenvalue weighted by atomic mass is 16.1.